The lowest BCUT2D eigenvalue weighted by Crippen LogP contribution is -2.15. The van der Waals surface area contributed by atoms with Gasteiger partial charge in [-0.2, -0.15) is 0 Å². The van der Waals surface area contributed by atoms with Crippen molar-refractivity contribution >= 4 is 5.69 Å². The molecule has 1 aliphatic carbocycles. The fraction of sp³-hybridized carbons (Fsp3) is 0.357. The first-order valence-corrected chi connectivity index (χ1v) is 11.7. The first kappa shape index (κ1) is 22.2. The minimum atomic E-state index is 0.364. The highest BCUT2D eigenvalue weighted by Gasteiger charge is 2.23. The molecule has 3 aromatic carbocycles. The third kappa shape index (κ3) is 5.43. The van der Waals surface area contributed by atoms with Crippen LogP contribution in [-0.4, -0.2) is 25.3 Å². The summed E-state index contributed by atoms with van der Waals surface area (Å²) in [6.45, 7) is 1.61. The lowest BCUT2D eigenvalue weighted by Gasteiger charge is -2.27. The number of aromatic hydroxyl groups is 1. The highest BCUT2D eigenvalue weighted by Crippen LogP contribution is 2.38. The Morgan fingerprint density at radius 2 is 1.75 bits per heavy atom. The molecule has 0 saturated heterocycles. The van der Waals surface area contributed by atoms with E-state index in [0.29, 0.717) is 18.2 Å². The number of phenolic OH excluding ortho intramolecular Hbond substituents is 1. The van der Waals surface area contributed by atoms with E-state index in [0.717, 1.165) is 50.8 Å². The Kier molecular flexibility index (Phi) is 7.33. The normalized spacial score (nSPS) is 15.2. The van der Waals surface area contributed by atoms with Gasteiger partial charge in [-0.1, -0.05) is 36.4 Å². The monoisotopic (exact) mass is 430 g/mol. The van der Waals surface area contributed by atoms with Crippen LogP contribution in [0, 0.1) is 0 Å². The average Bonchev–Trinajstić information content (AvgIpc) is 2.82. The van der Waals surface area contributed by atoms with Gasteiger partial charge in [-0.05, 0) is 97.0 Å². The van der Waals surface area contributed by atoms with Crippen molar-refractivity contribution in [2.45, 2.75) is 44.4 Å². The van der Waals surface area contributed by atoms with E-state index < -0.39 is 0 Å². The zero-order chi connectivity index (χ0) is 22.3. The maximum Gasteiger partial charge on any atom is 0.120 e. The van der Waals surface area contributed by atoms with Crippen molar-refractivity contribution in [3.8, 4) is 11.5 Å². The molecule has 32 heavy (non-hydrogen) atoms. The van der Waals surface area contributed by atoms with Crippen molar-refractivity contribution in [2.24, 2.45) is 5.73 Å². The molecule has 168 valence electrons. The van der Waals surface area contributed by atoms with Gasteiger partial charge in [0.1, 0.15) is 11.5 Å². The van der Waals surface area contributed by atoms with Crippen molar-refractivity contribution < 1.29 is 9.84 Å². The average molecular weight is 431 g/mol. The van der Waals surface area contributed by atoms with Crippen LogP contribution in [0.4, 0.5) is 5.69 Å². The Balaban J connectivity index is 1.40. The van der Waals surface area contributed by atoms with Crippen LogP contribution in [0.1, 0.15) is 46.6 Å². The first-order chi connectivity index (χ1) is 15.7. The number of nitrogens with two attached hydrogens (primary N) is 1. The number of hydrogen-bond donors (Lipinski definition) is 3. The highest BCUT2D eigenvalue weighted by molar-refractivity contribution is 5.57. The zero-order valence-electron chi connectivity index (χ0n) is 18.9. The number of benzene rings is 3. The molecule has 1 aliphatic rings. The summed E-state index contributed by atoms with van der Waals surface area (Å²) in [5, 5.41) is 13.5. The molecular weight excluding hydrogens is 396 g/mol. The lowest BCUT2D eigenvalue weighted by molar-refractivity contribution is 0.414. The van der Waals surface area contributed by atoms with Crippen LogP contribution in [0.5, 0.6) is 11.5 Å². The maximum absolute atomic E-state index is 9.78. The Morgan fingerprint density at radius 3 is 2.50 bits per heavy atom. The SMILES string of the molecule is COc1ccc([C@@H]2CCc3cc(O)ccc3C2)c(NCCCc2ccc(CCN)cc2)c1. The molecular formula is C28H34N2O2. The molecule has 4 nitrogen and oxygen atoms in total. The van der Waals surface area contributed by atoms with Gasteiger partial charge in [0.25, 0.3) is 0 Å². The summed E-state index contributed by atoms with van der Waals surface area (Å²) in [6.07, 6.45) is 6.15. The fourth-order valence-corrected chi connectivity index (χ4v) is 4.73. The smallest absolute Gasteiger partial charge is 0.120 e. The lowest BCUT2D eigenvalue weighted by atomic mass is 9.79. The zero-order valence-corrected chi connectivity index (χ0v) is 18.9. The second-order valence-corrected chi connectivity index (χ2v) is 8.73. The number of rotatable bonds is 9. The van der Waals surface area contributed by atoms with Gasteiger partial charge < -0.3 is 20.9 Å². The molecule has 3 aromatic rings. The summed E-state index contributed by atoms with van der Waals surface area (Å²) in [7, 11) is 1.72. The Bertz CT molecular complexity index is 1030. The van der Waals surface area contributed by atoms with Crippen LogP contribution in [0.3, 0.4) is 0 Å². The number of anilines is 1. The maximum atomic E-state index is 9.78. The quantitative estimate of drug-likeness (QED) is 0.407. The van der Waals surface area contributed by atoms with Crippen LogP contribution >= 0.6 is 0 Å². The van der Waals surface area contributed by atoms with E-state index in [9.17, 15) is 5.11 Å². The number of phenols is 1. The van der Waals surface area contributed by atoms with Gasteiger partial charge in [-0.15, -0.1) is 0 Å². The second-order valence-electron chi connectivity index (χ2n) is 8.73. The van der Waals surface area contributed by atoms with Crippen LogP contribution in [0.2, 0.25) is 0 Å². The predicted molar refractivity (Wildman–Crippen MR) is 132 cm³/mol. The van der Waals surface area contributed by atoms with Gasteiger partial charge in [0, 0.05) is 18.3 Å². The number of hydrogen-bond acceptors (Lipinski definition) is 4. The van der Waals surface area contributed by atoms with E-state index in [-0.39, 0.29) is 0 Å². The van der Waals surface area contributed by atoms with Gasteiger partial charge in [0.2, 0.25) is 0 Å². The van der Waals surface area contributed by atoms with Crippen molar-refractivity contribution in [1.29, 1.82) is 0 Å². The summed E-state index contributed by atoms with van der Waals surface area (Å²) < 4.78 is 5.50. The largest absolute Gasteiger partial charge is 0.508 e. The standard InChI is InChI=1S/C28H34N2O2/c1-32-26-12-13-27(24-9-8-23-18-25(31)11-10-22(23)17-24)28(19-26)30-16-2-3-20-4-6-21(7-5-20)14-15-29/h4-7,10-13,18-19,24,30-31H,2-3,8-9,14-17,29H2,1H3/t24-/m1/s1. The van der Waals surface area contributed by atoms with Crippen LogP contribution in [0.25, 0.3) is 0 Å². The molecule has 0 amide bonds. The van der Waals surface area contributed by atoms with E-state index in [1.807, 2.05) is 6.07 Å². The summed E-state index contributed by atoms with van der Waals surface area (Å²) >= 11 is 0. The van der Waals surface area contributed by atoms with E-state index in [1.54, 1.807) is 13.2 Å². The minimum absolute atomic E-state index is 0.364. The Labute approximate surface area is 191 Å². The highest BCUT2D eigenvalue weighted by atomic mass is 16.5. The van der Waals surface area contributed by atoms with E-state index in [1.165, 1.54) is 33.5 Å². The summed E-state index contributed by atoms with van der Waals surface area (Å²) in [5.74, 6) is 1.71. The van der Waals surface area contributed by atoms with Crippen molar-refractivity contribution in [2.75, 3.05) is 25.5 Å². The molecule has 4 rings (SSSR count). The molecule has 4 heteroatoms. The minimum Gasteiger partial charge on any atom is -0.508 e. The molecule has 0 aromatic heterocycles. The summed E-state index contributed by atoms with van der Waals surface area (Å²) in [5.41, 5.74) is 13.5. The van der Waals surface area contributed by atoms with E-state index in [2.05, 4.69) is 53.8 Å². The molecule has 0 radical (unpaired) electrons. The summed E-state index contributed by atoms with van der Waals surface area (Å²) in [6, 6.07) is 21.0. The van der Waals surface area contributed by atoms with Crippen molar-refractivity contribution in [3.05, 3.63) is 88.5 Å². The van der Waals surface area contributed by atoms with Gasteiger partial charge in [0.15, 0.2) is 0 Å². The van der Waals surface area contributed by atoms with Crippen LogP contribution < -0.4 is 15.8 Å². The third-order valence-electron chi connectivity index (χ3n) is 6.53. The number of fused-ring (bicyclic) bond motifs is 1. The molecule has 0 aliphatic heterocycles. The van der Waals surface area contributed by atoms with Crippen molar-refractivity contribution in [3.63, 3.8) is 0 Å². The van der Waals surface area contributed by atoms with Crippen LogP contribution in [0.15, 0.2) is 60.7 Å². The van der Waals surface area contributed by atoms with Gasteiger partial charge >= 0.3 is 0 Å². The number of aryl methyl sites for hydroxylation is 2. The van der Waals surface area contributed by atoms with E-state index >= 15 is 0 Å². The molecule has 1 atom stereocenters. The van der Waals surface area contributed by atoms with Gasteiger partial charge in [-0.3, -0.25) is 0 Å². The molecule has 0 heterocycles. The summed E-state index contributed by atoms with van der Waals surface area (Å²) in [4.78, 5) is 0. The topological polar surface area (TPSA) is 67.5 Å². The van der Waals surface area contributed by atoms with Gasteiger partial charge in [0.05, 0.1) is 7.11 Å². The van der Waals surface area contributed by atoms with Crippen molar-refractivity contribution in [1.82, 2.24) is 0 Å². The Morgan fingerprint density at radius 1 is 0.969 bits per heavy atom. The number of nitrogens with one attached hydrogen (secondary N) is 1. The Hall–Kier alpha value is -2.98. The molecule has 0 bridgehead atoms. The van der Waals surface area contributed by atoms with E-state index in [4.69, 9.17) is 10.5 Å². The second kappa shape index (κ2) is 10.6. The molecule has 0 saturated carbocycles. The fourth-order valence-electron chi connectivity index (χ4n) is 4.73. The molecule has 0 unspecified atom stereocenters. The molecule has 0 fully saturated rings. The third-order valence-corrected chi connectivity index (χ3v) is 6.53. The van der Waals surface area contributed by atoms with Crippen LogP contribution in [-0.2, 0) is 25.7 Å². The predicted octanol–water partition coefficient (Wildman–Crippen LogP) is 5.22. The first-order valence-electron chi connectivity index (χ1n) is 11.7. The molecule has 4 N–H and O–H groups in total. The number of methoxy groups -OCH3 is 1. The number of ether oxygens (including phenoxy) is 1. The van der Waals surface area contributed by atoms with Gasteiger partial charge in [-0.25, -0.2) is 0 Å². The molecule has 0 spiro atoms.